The lowest BCUT2D eigenvalue weighted by Crippen LogP contribution is -2.42. The lowest BCUT2D eigenvalue weighted by molar-refractivity contribution is -0.384. The van der Waals surface area contributed by atoms with Gasteiger partial charge in [0.25, 0.3) is 0 Å². The summed E-state index contributed by atoms with van der Waals surface area (Å²) in [6, 6.07) is 0.217. The summed E-state index contributed by atoms with van der Waals surface area (Å²) in [5.41, 5.74) is -0.687. The van der Waals surface area contributed by atoms with E-state index < -0.39 is 16.6 Å². The van der Waals surface area contributed by atoms with Crippen LogP contribution in [0.25, 0.3) is 0 Å². The molecule has 2 aliphatic rings. The third-order valence-electron chi connectivity index (χ3n) is 5.57. The maximum absolute atomic E-state index is 12.0. The minimum absolute atomic E-state index is 0.0241. The largest absolute Gasteiger partial charge is 0.444 e. The molecule has 1 aromatic rings. The summed E-state index contributed by atoms with van der Waals surface area (Å²) in [4.78, 5) is 31.5. The Bertz CT molecular complexity index is 806. The van der Waals surface area contributed by atoms with Crippen LogP contribution in [-0.4, -0.2) is 57.4 Å². The Labute approximate surface area is 188 Å². The van der Waals surface area contributed by atoms with Gasteiger partial charge in [0.1, 0.15) is 11.8 Å². The molecule has 0 radical (unpaired) electrons. The highest BCUT2D eigenvalue weighted by molar-refractivity contribution is 5.68. The van der Waals surface area contributed by atoms with Crippen molar-refractivity contribution in [1.82, 2.24) is 15.3 Å². The molecule has 1 saturated heterocycles. The minimum Gasteiger partial charge on any atom is -0.444 e. The number of aromatic nitrogens is 2. The van der Waals surface area contributed by atoms with E-state index in [1.807, 2.05) is 27.7 Å². The number of anilines is 2. The predicted molar refractivity (Wildman–Crippen MR) is 120 cm³/mol. The van der Waals surface area contributed by atoms with E-state index in [4.69, 9.17) is 9.47 Å². The van der Waals surface area contributed by atoms with Crippen molar-refractivity contribution in [3.05, 3.63) is 16.3 Å². The van der Waals surface area contributed by atoms with Gasteiger partial charge in [-0.05, 0) is 66.2 Å². The van der Waals surface area contributed by atoms with Crippen LogP contribution in [0.4, 0.5) is 22.2 Å². The van der Waals surface area contributed by atoms with E-state index in [-0.39, 0.29) is 35.7 Å². The molecule has 0 bridgehead atoms. The molecule has 178 valence electrons. The number of nitrogens with one attached hydrogen (secondary N) is 3. The van der Waals surface area contributed by atoms with E-state index in [0.717, 1.165) is 38.5 Å². The van der Waals surface area contributed by atoms with Crippen molar-refractivity contribution in [2.45, 2.75) is 96.1 Å². The molecule has 32 heavy (non-hydrogen) atoms. The van der Waals surface area contributed by atoms with Crippen LogP contribution in [0.5, 0.6) is 0 Å². The van der Waals surface area contributed by atoms with Crippen LogP contribution in [0.15, 0.2) is 6.20 Å². The predicted octanol–water partition coefficient (Wildman–Crippen LogP) is 3.61. The first kappa shape index (κ1) is 24.0. The van der Waals surface area contributed by atoms with E-state index >= 15 is 0 Å². The number of ether oxygens (including phenoxy) is 2. The highest BCUT2D eigenvalue weighted by Crippen LogP contribution is 2.28. The molecule has 3 rings (SSSR count). The SMILES string of the molecule is C[C@H]1C[C@@H](Nc2ncc([N+](=O)[O-])c(NC3CCC(NC(=O)OC(C)(C)C)CC3)n2)CCO1. The summed E-state index contributed by atoms with van der Waals surface area (Å²) in [5.74, 6) is 0.591. The molecule has 3 N–H and O–H groups in total. The van der Waals surface area contributed by atoms with Crippen LogP contribution in [-0.2, 0) is 9.47 Å². The quantitative estimate of drug-likeness (QED) is 0.438. The minimum atomic E-state index is -0.538. The summed E-state index contributed by atoms with van der Waals surface area (Å²) in [6.07, 6.45) is 5.65. The zero-order chi connectivity index (χ0) is 23.3. The summed E-state index contributed by atoms with van der Waals surface area (Å²) in [5, 5.41) is 20.9. The van der Waals surface area contributed by atoms with Gasteiger partial charge in [-0.2, -0.15) is 4.98 Å². The average Bonchev–Trinajstić information content (AvgIpc) is 2.68. The Morgan fingerprint density at radius 2 is 1.84 bits per heavy atom. The third-order valence-corrected chi connectivity index (χ3v) is 5.57. The maximum atomic E-state index is 12.0. The molecule has 2 atom stereocenters. The average molecular weight is 451 g/mol. The molecule has 1 aliphatic carbocycles. The van der Waals surface area contributed by atoms with Gasteiger partial charge < -0.3 is 25.4 Å². The Kier molecular flexibility index (Phi) is 7.70. The number of hydrogen-bond acceptors (Lipinski definition) is 9. The van der Waals surface area contributed by atoms with Gasteiger partial charge in [-0.15, -0.1) is 0 Å². The van der Waals surface area contributed by atoms with Crippen LogP contribution in [0.1, 0.15) is 66.2 Å². The number of rotatable bonds is 6. The van der Waals surface area contributed by atoms with E-state index in [1.54, 1.807) is 0 Å². The van der Waals surface area contributed by atoms with Crippen LogP contribution in [0.3, 0.4) is 0 Å². The highest BCUT2D eigenvalue weighted by Gasteiger charge is 2.28. The summed E-state index contributed by atoms with van der Waals surface area (Å²) >= 11 is 0. The standard InChI is InChI=1S/C21H34N6O5/c1-13-11-16(9-10-31-13)24-19-22-12-17(27(29)30)18(26-19)23-14-5-7-15(8-6-14)25-20(28)32-21(2,3)4/h12-16H,5-11H2,1-4H3,(H,25,28)(H2,22,23,24,26)/t13-,14?,15?,16-/m0/s1. The number of amides is 1. The van der Waals surface area contributed by atoms with Gasteiger partial charge in [-0.3, -0.25) is 10.1 Å². The van der Waals surface area contributed by atoms with Gasteiger partial charge in [-0.1, -0.05) is 0 Å². The number of alkyl carbamates (subject to hydrolysis) is 1. The number of nitrogens with zero attached hydrogens (tertiary/aromatic N) is 3. The maximum Gasteiger partial charge on any atom is 0.407 e. The first-order valence-electron chi connectivity index (χ1n) is 11.2. The van der Waals surface area contributed by atoms with E-state index in [1.165, 1.54) is 6.20 Å². The van der Waals surface area contributed by atoms with Gasteiger partial charge in [0, 0.05) is 24.7 Å². The third kappa shape index (κ3) is 7.18. The molecule has 1 saturated carbocycles. The van der Waals surface area contributed by atoms with Crippen molar-refractivity contribution in [3.63, 3.8) is 0 Å². The van der Waals surface area contributed by atoms with Crippen molar-refractivity contribution in [1.29, 1.82) is 0 Å². The van der Waals surface area contributed by atoms with Crippen molar-refractivity contribution in [2.75, 3.05) is 17.2 Å². The molecule has 1 aliphatic heterocycles. The molecule has 1 amide bonds. The summed E-state index contributed by atoms with van der Waals surface area (Å²) in [6.45, 7) is 8.17. The van der Waals surface area contributed by atoms with Crippen molar-refractivity contribution >= 4 is 23.5 Å². The van der Waals surface area contributed by atoms with Gasteiger partial charge >= 0.3 is 11.8 Å². The van der Waals surface area contributed by atoms with Crippen molar-refractivity contribution in [3.8, 4) is 0 Å². The smallest absolute Gasteiger partial charge is 0.407 e. The van der Waals surface area contributed by atoms with Crippen LogP contribution >= 0.6 is 0 Å². The monoisotopic (exact) mass is 450 g/mol. The normalized spacial score (nSPS) is 26.1. The lowest BCUT2D eigenvalue weighted by Gasteiger charge is -2.31. The molecular weight excluding hydrogens is 416 g/mol. The van der Waals surface area contributed by atoms with Gasteiger partial charge in [-0.25, -0.2) is 9.78 Å². The number of nitro groups is 1. The highest BCUT2D eigenvalue weighted by atomic mass is 16.6. The topological polar surface area (TPSA) is 141 Å². The Hall–Kier alpha value is -2.69. The number of hydrogen-bond donors (Lipinski definition) is 3. The molecule has 2 heterocycles. The fourth-order valence-electron chi connectivity index (χ4n) is 4.05. The molecule has 0 aromatic carbocycles. The number of carbonyl (C=O) groups excluding carboxylic acids is 1. The summed E-state index contributed by atoms with van der Waals surface area (Å²) in [7, 11) is 0. The first-order chi connectivity index (χ1) is 15.1. The Balaban J connectivity index is 1.57. The lowest BCUT2D eigenvalue weighted by atomic mass is 9.91. The molecule has 11 heteroatoms. The molecule has 11 nitrogen and oxygen atoms in total. The van der Waals surface area contributed by atoms with Gasteiger partial charge in [0.05, 0.1) is 11.0 Å². The van der Waals surface area contributed by atoms with Crippen molar-refractivity contribution in [2.24, 2.45) is 0 Å². The van der Waals surface area contributed by atoms with E-state index in [9.17, 15) is 14.9 Å². The first-order valence-corrected chi connectivity index (χ1v) is 11.2. The fourth-order valence-corrected chi connectivity index (χ4v) is 4.05. The van der Waals surface area contributed by atoms with E-state index in [2.05, 4.69) is 25.9 Å². The second kappa shape index (κ2) is 10.3. The van der Waals surface area contributed by atoms with Crippen LogP contribution in [0.2, 0.25) is 0 Å². The number of carbonyl (C=O) groups is 1. The Morgan fingerprint density at radius 3 is 2.47 bits per heavy atom. The van der Waals surface area contributed by atoms with Gasteiger partial charge in [0.15, 0.2) is 0 Å². The second-order valence-corrected chi connectivity index (χ2v) is 9.57. The fraction of sp³-hybridized carbons (Fsp3) is 0.762. The zero-order valence-corrected chi connectivity index (χ0v) is 19.2. The van der Waals surface area contributed by atoms with Gasteiger partial charge in [0.2, 0.25) is 11.8 Å². The molecule has 0 spiro atoms. The molecule has 0 unspecified atom stereocenters. The molecule has 2 fully saturated rings. The Morgan fingerprint density at radius 1 is 1.16 bits per heavy atom. The van der Waals surface area contributed by atoms with Crippen LogP contribution in [0, 0.1) is 10.1 Å². The summed E-state index contributed by atoms with van der Waals surface area (Å²) < 4.78 is 10.9. The molecule has 1 aromatic heterocycles. The second-order valence-electron chi connectivity index (χ2n) is 9.57. The van der Waals surface area contributed by atoms with E-state index in [0.29, 0.717) is 12.6 Å². The molecular formula is C21H34N6O5. The van der Waals surface area contributed by atoms with Crippen molar-refractivity contribution < 1.29 is 19.2 Å². The van der Waals surface area contributed by atoms with Crippen LogP contribution < -0.4 is 16.0 Å². The zero-order valence-electron chi connectivity index (χ0n) is 19.2.